The van der Waals surface area contributed by atoms with E-state index in [4.69, 9.17) is 5.73 Å². The molecule has 16 heavy (non-hydrogen) atoms. The molecule has 1 atom stereocenters. The van der Waals surface area contributed by atoms with Gasteiger partial charge in [-0.3, -0.25) is 4.79 Å². The lowest BCUT2D eigenvalue weighted by atomic mass is 10.2. The maximum atomic E-state index is 12.0. The first-order valence-corrected chi connectivity index (χ1v) is 6.44. The molecule has 0 bridgehead atoms. The average Bonchev–Trinajstić information content (AvgIpc) is 2.27. The fourth-order valence-electron chi connectivity index (χ4n) is 1.30. The van der Waals surface area contributed by atoms with E-state index in [1.807, 2.05) is 13.2 Å². The number of hydrogen-bond acceptors (Lipinski definition) is 4. The molecule has 1 aromatic rings. The summed E-state index contributed by atoms with van der Waals surface area (Å²) in [5.74, 6) is 1.19. The summed E-state index contributed by atoms with van der Waals surface area (Å²) in [6, 6.07) is 5.27. The van der Waals surface area contributed by atoms with Crippen LogP contribution in [0.4, 0.5) is 5.82 Å². The van der Waals surface area contributed by atoms with Crippen LogP contribution in [0.2, 0.25) is 0 Å². The maximum Gasteiger partial charge on any atom is 0.272 e. The monoisotopic (exact) mass is 239 g/mol. The van der Waals surface area contributed by atoms with Gasteiger partial charge >= 0.3 is 0 Å². The van der Waals surface area contributed by atoms with Crippen LogP contribution in [0.25, 0.3) is 0 Å². The highest BCUT2D eigenvalue weighted by Gasteiger charge is 2.18. The predicted octanol–water partition coefficient (Wildman–Crippen LogP) is 1.49. The Kier molecular flexibility index (Phi) is 4.61. The largest absolute Gasteiger partial charge is 0.384 e. The molecule has 0 aromatic carbocycles. The molecule has 0 saturated carbocycles. The fraction of sp³-hybridized carbons (Fsp3) is 0.455. The van der Waals surface area contributed by atoms with Crippen molar-refractivity contribution in [3.05, 3.63) is 23.9 Å². The van der Waals surface area contributed by atoms with Gasteiger partial charge in [0.15, 0.2) is 0 Å². The summed E-state index contributed by atoms with van der Waals surface area (Å²) in [6.45, 7) is 2.01. The summed E-state index contributed by atoms with van der Waals surface area (Å²) < 4.78 is 0. The standard InChI is InChI=1S/C11H17N3OS/c1-8(7-16-3)14(2)11(15)9-5-4-6-10(12)13-9/h4-6,8H,7H2,1-3H3,(H2,12,13). The number of nitrogen functional groups attached to an aromatic ring is 1. The maximum absolute atomic E-state index is 12.0. The Bertz CT molecular complexity index is 370. The third-order valence-electron chi connectivity index (χ3n) is 2.38. The van der Waals surface area contributed by atoms with Crippen molar-refractivity contribution in [2.45, 2.75) is 13.0 Å². The number of nitrogens with zero attached hydrogens (tertiary/aromatic N) is 2. The second-order valence-electron chi connectivity index (χ2n) is 3.67. The van der Waals surface area contributed by atoms with Crippen molar-refractivity contribution < 1.29 is 4.79 Å². The summed E-state index contributed by atoms with van der Waals surface area (Å²) in [7, 11) is 1.79. The zero-order chi connectivity index (χ0) is 12.1. The highest BCUT2D eigenvalue weighted by Crippen LogP contribution is 2.09. The molecule has 4 nitrogen and oxygen atoms in total. The smallest absolute Gasteiger partial charge is 0.272 e. The Morgan fingerprint density at radius 3 is 2.88 bits per heavy atom. The summed E-state index contributed by atoms with van der Waals surface area (Å²) in [5, 5.41) is 0. The van der Waals surface area contributed by atoms with Gasteiger partial charge in [-0.1, -0.05) is 6.07 Å². The van der Waals surface area contributed by atoms with Crippen LogP contribution in [0.5, 0.6) is 0 Å². The fourth-order valence-corrected chi connectivity index (χ4v) is 2.01. The van der Waals surface area contributed by atoms with Crippen LogP contribution in [-0.2, 0) is 0 Å². The Morgan fingerprint density at radius 1 is 1.62 bits per heavy atom. The Balaban J connectivity index is 2.77. The van der Waals surface area contributed by atoms with Crippen LogP contribution in [-0.4, -0.2) is 40.9 Å². The molecular weight excluding hydrogens is 222 g/mol. The van der Waals surface area contributed by atoms with Gasteiger partial charge in [0, 0.05) is 18.8 Å². The minimum absolute atomic E-state index is 0.0890. The predicted molar refractivity (Wildman–Crippen MR) is 68.6 cm³/mol. The minimum Gasteiger partial charge on any atom is -0.384 e. The number of nitrogens with two attached hydrogens (primary N) is 1. The molecule has 0 aliphatic heterocycles. The molecule has 0 fully saturated rings. The van der Waals surface area contributed by atoms with E-state index in [0.717, 1.165) is 5.75 Å². The topological polar surface area (TPSA) is 59.2 Å². The molecule has 0 radical (unpaired) electrons. The van der Waals surface area contributed by atoms with Gasteiger partial charge in [0.1, 0.15) is 11.5 Å². The summed E-state index contributed by atoms with van der Waals surface area (Å²) in [6.07, 6.45) is 2.02. The molecule has 88 valence electrons. The number of hydrogen-bond donors (Lipinski definition) is 1. The number of aromatic nitrogens is 1. The Morgan fingerprint density at radius 2 is 2.31 bits per heavy atom. The van der Waals surface area contributed by atoms with Crippen LogP contribution in [0, 0.1) is 0 Å². The number of carbonyl (C=O) groups excluding carboxylic acids is 1. The van der Waals surface area contributed by atoms with Crippen LogP contribution < -0.4 is 5.73 Å². The molecule has 0 saturated heterocycles. The van der Waals surface area contributed by atoms with Crippen LogP contribution in [0.3, 0.4) is 0 Å². The van der Waals surface area contributed by atoms with Gasteiger partial charge in [0.25, 0.3) is 5.91 Å². The van der Waals surface area contributed by atoms with E-state index in [1.54, 1.807) is 41.9 Å². The number of amides is 1. The van der Waals surface area contributed by atoms with Gasteiger partial charge in [-0.05, 0) is 25.3 Å². The van der Waals surface area contributed by atoms with E-state index in [-0.39, 0.29) is 11.9 Å². The lowest BCUT2D eigenvalue weighted by Crippen LogP contribution is -2.37. The molecule has 1 unspecified atom stereocenters. The molecule has 1 amide bonds. The Hall–Kier alpha value is -1.23. The number of anilines is 1. The van der Waals surface area contributed by atoms with Crippen molar-refractivity contribution in [3.63, 3.8) is 0 Å². The van der Waals surface area contributed by atoms with Crippen molar-refractivity contribution in [1.29, 1.82) is 0 Å². The molecule has 0 spiro atoms. The third kappa shape index (κ3) is 3.13. The minimum atomic E-state index is -0.0890. The highest BCUT2D eigenvalue weighted by molar-refractivity contribution is 7.98. The summed E-state index contributed by atoms with van der Waals surface area (Å²) >= 11 is 1.71. The lowest BCUT2D eigenvalue weighted by Gasteiger charge is -2.23. The van der Waals surface area contributed by atoms with Crippen molar-refractivity contribution in [2.75, 3.05) is 24.8 Å². The zero-order valence-corrected chi connectivity index (χ0v) is 10.6. The zero-order valence-electron chi connectivity index (χ0n) is 9.80. The van der Waals surface area contributed by atoms with Gasteiger partial charge in [-0.25, -0.2) is 4.98 Å². The second kappa shape index (κ2) is 5.75. The molecular formula is C11H17N3OS. The number of pyridine rings is 1. The molecule has 1 heterocycles. The summed E-state index contributed by atoms with van der Waals surface area (Å²) in [4.78, 5) is 17.7. The molecule has 5 heteroatoms. The van der Waals surface area contributed by atoms with Crippen molar-refractivity contribution in [2.24, 2.45) is 0 Å². The number of carbonyl (C=O) groups is 1. The average molecular weight is 239 g/mol. The van der Waals surface area contributed by atoms with E-state index < -0.39 is 0 Å². The second-order valence-corrected chi connectivity index (χ2v) is 4.58. The quantitative estimate of drug-likeness (QED) is 0.864. The van der Waals surface area contributed by atoms with Crippen molar-refractivity contribution in [1.82, 2.24) is 9.88 Å². The first-order valence-electron chi connectivity index (χ1n) is 5.05. The van der Waals surface area contributed by atoms with Gasteiger partial charge in [0.2, 0.25) is 0 Å². The number of rotatable bonds is 4. The molecule has 1 aromatic heterocycles. The van der Waals surface area contributed by atoms with E-state index in [1.165, 1.54) is 0 Å². The van der Waals surface area contributed by atoms with Gasteiger partial charge in [-0.15, -0.1) is 0 Å². The van der Waals surface area contributed by atoms with E-state index >= 15 is 0 Å². The Labute approximate surface area is 100 Å². The highest BCUT2D eigenvalue weighted by atomic mass is 32.2. The normalized spacial score (nSPS) is 12.2. The van der Waals surface area contributed by atoms with Crippen molar-refractivity contribution in [3.8, 4) is 0 Å². The van der Waals surface area contributed by atoms with Gasteiger partial charge in [-0.2, -0.15) is 11.8 Å². The van der Waals surface area contributed by atoms with Crippen LogP contribution >= 0.6 is 11.8 Å². The van der Waals surface area contributed by atoms with Crippen LogP contribution in [0.15, 0.2) is 18.2 Å². The molecule has 0 aliphatic rings. The molecule has 2 N–H and O–H groups in total. The SMILES string of the molecule is CSCC(C)N(C)C(=O)c1cccc(N)n1. The third-order valence-corrected chi connectivity index (χ3v) is 3.19. The molecule has 1 rings (SSSR count). The van der Waals surface area contributed by atoms with E-state index in [9.17, 15) is 4.79 Å². The molecule has 0 aliphatic carbocycles. The van der Waals surface area contributed by atoms with Crippen molar-refractivity contribution >= 4 is 23.5 Å². The summed E-state index contributed by atoms with van der Waals surface area (Å²) in [5.41, 5.74) is 5.94. The van der Waals surface area contributed by atoms with E-state index in [0.29, 0.717) is 11.5 Å². The van der Waals surface area contributed by atoms with Gasteiger partial charge < -0.3 is 10.6 Å². The first-order chi connectivity index (χ1) is 7.56. The van der Waals surface area contributed by atoms with Gasteiger partial charge in [0.05, 0.1) is 0 Å². The van der Waals surface area contributed by atoms with E-state index in [2.05, 4.69) is 4.98 Å². The lowest BCUT2D eigenvalue weighted by molar-refractivity contribution is 0.0752. The van der Waals surface area contributed by atoms with Crippen LogP contribution in [0.1, 0.15) is 17.4 Å². The number of thioether (sulfide) groups is 1. The first kappa shape index (κ1) is 12.8.